The molecule has 0 radical (unpaired) electrons. The molecule has 1 heterocycles. The van der Waals surface area contributed by atoms with Crippen molar-refractivity contribution in [3.8, 4) is 5.75 Å². The van der Waals surface area contributed by atoms with Crippen LogP contribution in [0.4, 0.5) is 4.79 Å². The van der Waals surface area contributed by atoms with E-state index in [4.69, 9.17) is 0 Å². The fourth-order valence-electron chi connectivity index (χ4n) is 2.31. The Kier molecular flexibility index (Phi) is 6.02. The third-order valence-corrected chi connectivity index (χ3v) is 3.88. The van der Waals surface area contributed by atoms with Gasteiger partial charge in [0.2, 0.25) is 0 Å². The van der Waals surface area contributed by atoms with Gasteiger partial charge in [-0.05, 0) is 37.5 Å². The van der Waals surface area contributed by atoms with Gasteiger partial charge in [-0.2, -0.15) is 0 Å². The number of hydrogen-bond donors (Lipinski definition) is 2. The number of amides is 2. The first-order valence-electron chi connectivity index (χ1n) is 7.80. The molecule has 2 N–H and O–H groups in total. The molecule has 0 aliphatic heterocycles. The van der Waals surface area contributed by atoms with E-state index in [2.05, 4.69) is 10.3 Å². The van der Waals surface area contributed by atoms with Crippen molar-refractivity contribution in [2.75, 3.05) is 13.6 Å². The molecule has 23 heavy (non-hydrogen) atoms. The molecule has 0 unspecified atom stereocenters. The highest BCUT2D eigenvalue weighted by atomic mass is 16.3. The zero-order chi connectivity index (χ0) is 16.7. The fourth-order valence-corrected chi connectivity index (χ4v) is 2.31. The highest BCUT2D eigenvalue weighted by molar-refractivity contribution is 5.74. The lowest BCUT2D eigenvalue weighted by Crippen LogP contribution is -2.43. The number of nitrogens with one attached hydrogen (secondary N) is 1. The first kappa shape index (κ1) is 16.9. The molecule has 1 aromatic carbocycles. The van der Waals surface area contributed by atoms with Crippen LogP contribution in [0.1, 0.15) is 18.9 Å². The Labute approximate surface area is 136 Å². The number of carbonyl (C=O) groups is 1. The smallest absolute Gasteiger partial charge is 0.317 e. The third kappa shape index (κ3) is 5.32. The lowest BCUT2D eigenvalue weighted by Gasteiger charge is -2.25. The van der Waals surface area contributed by atoms with E-state index in [1.807, 2.05) is 29.8 Å². The number of nitrogens with zero attached hydrogens (tertiary/aromatic N) is 3. The van der Waals surface area contributed by atoms with Crippen LogP contribution in [-0.4, -0.2) is 45.2 Å². The van der Waals surface area contributed by atoms with E-state index in [9.17, 15) is 9.90 Å². The zero-order valence-corrected chi connectivity index (χ0v) is 13.6. The summed E-state index contributed by atoms with van der Waals surface area (Å²) in [5.74, 6) is 0.255. The molecule has 0 spiro atoms. The van der Waals surface area contributed by atoms with Crippen molar-refractivity contribution in [3.05, 3.63) is 48.5 Å². The molecule has 0 bridgehead atoms. The highest BCUT2D eigenvalue weighted by Gasteiger charge is 2.15. The monoisotopic (exact) mass is 316 g/mol. The Bertz CT molecular complexity index is 596. The highest BCUT2D eigenvalue weighted by Crippen LogP contribution is 2.13. The lowest BCUT2D eigenvalue weighted by atomic mass is 10.1. The van der Waals surface area contributed by atoms with Gasteiger partial charge in [-0.3, -0.25) is 0 Å². The van der Waals surface area contributed by atoms with Gasteiger partial charge >= 0.3 is 6.03 Å². The second kappa shape index (κ2) is 8.22. The molecule has 124 valence electrons. The summed E-state index contributed by atoms with van der Waals surface area (Å²) in [6.45, 7) is 3.48. The van der Waals surface area contributed by atoms with Crippen molar-refractivity contribution in [1.29, 1.82) is 0 Å². The van der Waals surface area contributed by atoms with Gasteiger partial charge in [0, 0.05) is 38.6 Å². The number of likely N-dealkylation sites (N-methyl/N-ethyl adjacent to an activating group) is 1. The number of aromatic nitrogens is 2. The zero-order valence-electron chi connectivity index (χ0n) is 13.6. The van der Waals surface area contributed by atoms with Crippen LogP contribution in [0.25, 0.3) is 0 Å². The van der Waals surface area contributed by atoms with Crippen LogP contribution in [0, 0.1) is 0 Å². The summed E-state index contributed by atoms with van der Waals surface area (Å²) in [4.78, 5) is 17.8. The number of imidazole rings is 1. The van der Waals surface area contributed by atoms with E-state index in [0.29, 0.717) is 6.54 Å². The van der Waals surface area contributed by atoms with Gasteiger partial charge in [0.25, 0.3) is 0 Å². The van der Waals surface area contributed by atoms with Gasteiger partial charge < -0.3 is 19.9 Å². The predicted octanol–water partition coefficient (Wildman–Crippen LogP) is 2.25. The number of phenolic OH excluding ortho intramolecular Hbond substituents is 1. The van der Waals surface area contributed by atoms with Crippen LogP contribution in [-0.2, 0) is 13.0 Å². The standard InChI is InChI=1S/C17H24N4O2/c1-14(12-15-4-6-16(22)7-5-15)20(2)17(23)19-8-3-10-21-11-9-18-13-21/h4-7,9,11,13-14,22H,3,8,10,12H2,1-2H3,(H,19,23)/t14-/m0/s1. The number of rotatable bonds is 7. The van der Waals surface area contributed by atoms with E-state index in [0.717, 1.165) is 24.9 Å². The average molecular weight is 316 g/mol. The fraction of sp³-hybridized carbons (Fsp3) is 0.412. The maximum Gasteiger partial charge on any atom is 0.317 e. The first-order chi connectivity index (χ1) is 11.1. The Balaban J connectivity index is 1.71. The van der Waals surface area contributed by atoms with E-state index < -0.39 is 0 Å². The van der Waals surface area contributed by atoms with Gasteiger partial charge in [-0.1, -0.05) is 12.1 Å². The SMILES string of the molecule is C[C@@H](Cc1ccc(O)cc1)N(C)C(=O)NCCCn1ccnc1. The lowest BCUT2D eigenvalue weighted by molar-refractivity contribution is 0.193. The van der Waals surface area contributed by atoms with Gasteiger partial charge in [0.1, 0.15) is 5.75 Å². The summed E-state index contributed by atoms with van der Waals surface area (Å²) in [6, 6.07) is 7.09. The number of phenols is 1. The second-order valence-electron chi connectivity index (χ2n) is 5.72. The molecule has 2 rings (SSSR count). The van der Waals surface area contributed by atoms with Gasteiger partial charge in [0.15, 0.2) is 0 Å². The van der Waals surface area contributed by atoms with Crippen molar-refractivity contribution in [1.82, 2.24) is 19.8 Å². The Morgan fingerprint density at radius 2 is 2.13 bits per heavy atom. The quantitative estimate of drug-likeness (QED) is 0.770. The average Bonchev–Trinajstić information content (AvgIpc) is 3.06. The van der Waals surface area contributed by atoms with E-state index in [-0.39, 0.29) is 17.8 Å². The van der Waals surface area contributed by atoms with Crippen molar-refractivity contribution in [2.24, 2.45) is 0 Å². The van der Waals surface area contributed by atoms with Crippen LogP contribution < -0.4 is 5.32 Å². The minimum atomic E-state index is -0.0677. The van der Waals surface area contributed by atoms with Crippen molar-refractivity contribution in [3.63, 3.8) is 0 Å². The summed E-state index contributed by atoms with van der Waals surface area (Å²) in [6.07, 6.45) is 7.04. The summed E-state index contributed by atoms with van der Waals surface area (Å²) in [5.41, 5.74) is 1.09. The van der Waals surface area contributed by atoms with Gasteiger partial charge in [0.05, 0.1) is 6.33 Å². The Hall–Kier alpha value is -2.50. The number of aryl methyl sites for hydroxylation is 1. The van der Waals surface area contributed by atoms with Crippen molar-refractivity contribution in [2.45, 2.75) is 32.4 Å². The van der Waals surface area contributed by atoms with Crippen molar-refractivity contribution < 1.29 is 9.90 Å². The number of carbonyl (C=O) groups excluding carboxylic acids is 1. The number of urea groups is 1. The predicted molar refractivity (Wildman–Crippen MR) is 89.3 cm³/mol. The summed E-state index contributed by atoms with van der Waals surface area (Å²) < 4.78 is 1.99. The molecule has 6 heteroatoms. The minimum Gasteiger partial charge on any atom is -0.508 e. The first-order valence-corrected chi connectivity index (χ1v) is 7.80. The second-order valence-corrected chi connectivity index (χ2v) is 5.72. The van der Waals surface area contributed by atoms with Gasteiger partial charge in [-0.15, -0.1) is 0 Å². The van der Waals surface area contributed by atoms with E-state index >= 15 is 0 Å². The van der Waals surface area contributed by atoms with E-state index in [1.54, 1.807) is 36.6 Å². The molecule has 1 atom stereocenters. The molecular formula is C17H24N4O2. The summed E-state index contributed by atoms with van der Waals surface area (Å²) in [5, 5.41) is 12.2. The normalized spacial score (nSPS) is 11.9. The molecule has 0 fully saturated rings. The van der Waals surface area contributed by atoms with Crippen LogP contribution in [0.3, 0.4) is 0 Å². The maximum atomic E-state index is 12.1. The third-order valence-electron chi connectivity index (χ3n) is 3.88. The molecule has 1 aromatic heterocycles. The molecular weight excluding hydrogens is 292 g/mol. The largest absolute Gasteiger partial charge is 0.508 e. The number of benzene rings is 1. The minimum absolute atomic E-state index is 0.0677. The molecule has 2 aromatic rings. The van der Waals surface area contributed by atoms with Crippen molar-refractivity contribution >= 4 is 6.03 Å². The summed E-state index contributed by atoms with van der Waals surface area (Å²) in [7, 11) is 1.80. The summed E-state index contributed by atoms with van der Waals surface area (Å²) >= 11 is 0. The molecule has 2 amide bonds. The topological polar surface area (TPSA) is 70.4 Å². The number of aromatic hydroxyl groups is 1. The molecule has 0 saturated carbocycles. The van der Waals surface area contributed by atoms with Gasteiger partial charge in [-0.25, -0.2) is 9.78 Å². The number of hydrogen-bond acceptors (Lipinski definition) is 3. The molecule has 0 saturated heterocycles. The Morgan fingerprint density at radius 1 is 1.39 bits per heavy atom. The van der Waals surface area contributed by atoms with Crippen LogP contribution in [0.2, 0.25) is 0 Å². The molecule has 0 aliphatic carbocycles. The molecule has 0 aliphatic rings. The van der Waals surface area contributed by atoms with E-state index in [1.165, 1.54) is 0 Å². The van der Waals surface area contributed by atoms with Crippen LogP contribution >= 0.6 is 0 Å². The van der Waals surface area contributed by atoms with Crippen LogP contribution in [0.5, 0.6) is 5.75 Å². The molecule has 6 nitrogen and oxygen atoms in total. The maximum absolute atomic E-state index is 12.1. The Morgan fingerprint density at radius 3 is 2.78 bits per heavy atom. The van der Waals surface area contributed by atoms with Crippen LogP contribution in [0.15, 0.2) is 43.0 Å².